The summed E-state index contributed by atoms with van der Waals surface area (Å²) in [7, 11) is 3.12. The van der Waals surface area contributed by atoms with E-state index in [2.05, 4.69) is 10.6 Å². The number of nitrogens with one attached hydrogen (secondary N) is 2. The van der Waals surface area contributed by atoms with Gasteiger partial charge in [0.2, 0.25) is 0 Å². The summed E-state index contributed by atoms with van der Waals surface area (Å²) in [6.07, 6.45) is 2.00. The molecular weight excluding hydrogens is 510 g/mol. The number of hydrogen-bond acceptors (Lipinski definition) is 5. The van der Waals surface area contributed by atoms with E-state index in [0.717, 1.165) is 21.7 Å². The van der Waals surface area contributed by atoms with E-state index in [4.69, 9.17) is 9.47 Å². The Balaban J connectivity index is 1.57. The molecule has 0 aliphatic heterocycles. The predicted molar refractivity (Wildman–Crippen MR) is 159 cm³/mol. The van der Waals surface area contributed by atoms with Gasteiger partial charge in [0.25, 0.3) is 5.91 Å². The Hall–Kier alpha value is -4.43. The zero-order valence-electron chi connectivity index (χ0n) is 22.4. The van der Waals surface area contributed by atoms with E-state index in [1.54, 1.807) is 55.1 Å². The Kier molecular flexibility index (Phi) is 9.12. The Labute approximate surface area is 233 Å². The third-order valence-electron chi connectivity index (χ3n) is 6.22. The standard InChI is InChI=1S/C31H31N3O4S/c1-21-7-5-6-8-27(21)33-30(35)23-11-9-22(10-12-23)20-34(25-15-18-28(37-2)29(19-25)38-3)31(36)32-24-13-16-26(39-4)17-14-24/h5-19H,20H2,1-4H3,(H,32,36)(H,33,35). The summed E-state index contributed by atoms with van der Waals surface area (Å²) in [6, 6.07) is 27.5. The van der Waals surface area contributed by atoms with Crippen LogP contribution in [0.4, 0.5) is 21.9 Å². The summed E-state index contributed by atoms with van der Waals surface area (Å²) >= 11 is 1.64. The summed E-state index contributed by atoms with van der Waals surface area (Å²) in [5.41, 5.74) is 4.46. The quantitative estimate of drug-likeness (QED) is 0.219. The highest BCUT2D eigenvalue weighted by Crippen LogP contribution is 2.32. The van der Waals surface area contributed by atoms with E-state index >= 15 is 0 Å². The van der Waals surface area contributed by atoms with E-state index in [1.807, 2.05) is 79.9 Å². The van der Waals surface area contributed by atoms with Crippen LogP contribution in [0.25, 0.3) is 0 Å². The summed E-state index contributed by atoms with van der Waals surface area (Å²) in [5, 5.41) is 5.93. The van der Waals surface area contributed by atoms with Crippen molar-refractivity contribution in [2.75, 3.05) is 36.0 Å². The highest BCUT2D eigenvalue weighted by molar-refractivity contribution is 7.98. The molecule has 0 spiro atoms. The number of rotatable bonds is 9. The maximum Gasteiger partial charge on any atom is 0.326 e. The molecule has 8 heteroatoms. The molecule has 3 amide bonds. The van der Waals surface area contributed by atoms with Crippen molar-refractivity contribution in [2.45, 2.75) is 18.4 Å². The molecule has 0 aromatic heterocycles. The van der Waals surface area contributed by atoms with Crippen LogP contribution in [0.15, 0.2) is 95.9 Å². The Morgan fingerprint density at radius 1 is 0.821 bits per heavy atom. The molecule has 0 unspecified atom stereocenters. The second-order valence-corrected chi connectivity index (χ2v) is 9.63. The van der Waals surface area contributed by atoms with Crippen molar-refractivity contribution < 1.29 is 19.1 Å². The molecule has 39 heavy (non-hydrogen) atoms. The van der Waals surface area contributed by atoms with Crippen LogP contribution in [0.1, 0.15) is 21.5 Å². The number of methoxy groups -OCH3 is 2. The maximum absolute atomic E-state index is 13.5. The van der Waals surface area contributed by atoms with Gasteiger partial charge in [-0.05, 0) is 78.9 Å². The fourth-order valence-corrected chi connectivity index (χ4v) is 4.40. The Morgan fingerprint density at radius 3 is 2.15 bits per heavy atom. The minimum atomic E-state index is -0.305. The third kappa shape index (κ3) is 6.91. The van der Waals surface area contributed by atoms with Gasteiger partial charge in [-0.25, -0.2) is 4.79 Å². The largest absolute Gasteiger partial charge is 0.493 e. The first-order valence-electron chi connectivity index (χ1n) is 12.3. The molecule has 0 radical (unpaired) electrons. The molecule has 4 aromatic carbocycles. The second kappa shape index (κ2) is 12.9. The van der Waals surface area contributed by atoms with Gasteiger partial charge in [-0.2, -0.15) is 0 Å². The summed E-state index contributed by atoms with van der Waals surface area (Å²) in [4.78, 5) is 29.0. The number of thioether (sulfide) groups is 1. The summed E-state index contributed by atoms with van der Waals surface area (Å²) in [6.45, 7) is 2.22. The minimum Gasteiger partial charge on any atom is -0.493 e. The zero-order chi connectivity index (χ0) is 27.8. The fourth-order valence-electron chi connectivity index (χ4n) is 3.99. The van der Waals surface area contributed by atoms with Crippen LogP contribution < -0.4 is 25.0 Å². The molecule has 4 rings (SSSR count). The first-order valence-corrected chi connectivity index (χ1v) is 13.5. The maximum atomic E-state index is 13.5. The lowest BCUT2D eigenvalue weighted by Gasteiger charge is -2.24. The highest BCUT2D eigenvalue weighted by Gasteiger charge is 2.19. The zero-order valence-corrected chi connectivity index (χ0v) is 23.2. The van der Waals surface area contributed by atoms with Gasteiger partial charge < -0.3 is 20.1 Å². The number of para-hydroxylation sites is 1. The normalized spacial score (nSPS) is 10.5. The lowest BCUT2D eigenvalue weighted by Crippen LogP contribution is -2.34. The van der Waals surface area contributed by atoms with Crippen molar-refractivity contribution in [3.63, 3.8) is 0 Å². The van der Waals surface area contributed by atoms with Gasteiger partial charge in [0.05, 0.1) is 20.8 Å². The smallest absolute Gasteiger partial charge is 0.326 e. The Bertz CT molecular complexity index is 1440. The van der Waals surface area contributed by atoms with Crippen LogP contribution in [0.5, 0.6) is 11.5 Å². The van der Waals surface area contributed by atoms with Crippen molar-refractivity contribution in [3.8, 4) is 11.5 Å². The number of hydrogen-bond donors (Lipinski definition) is 2. The van der Waals surface area contributed by atoms with Crippen molar-refractivity contribution in [3.05, 3.63) is 108 Å². The molecule has 2 N–H and O–H groups in total. The molecule has 0 fully saturated rings. The third-order valence-corrected chi connectivity index (χ3v) is 6.96. The summed E-state index contributed by atoms with van der Waals surface area (Å²) in [5.74, 6) is 0.887. The van der Waals surface area contributed by atoms with E-state index in [9.17, 15) is 9.59 Å². The molecule has 4 aromatic rings. The molecule has 0 atom stereocenters. The highest BCUT2D eigenvalue weighted by atomic mass is 32.2. The number of urea groups is 1. The monoisotopic (exact) mass is 541 g/mol. The number of amides is 3. The van der Waals surface area contributed by atoms with E-state index in [0.29, 0.717) is 28.4 Å². The van der Waals surface area contributed by atoms with E-state index in [-0.39, 0.29) is 18.5 Å². The van der Waals surface area contributed by atoms with E-state index < -0.39 is 0 Å². The van der Waals surface area contributed by atoms with Gasteiger partial charge in [-0.1, -0.05) is 30.3 Å². The number of ether oxygens (including phenoxy) is 2. The van der Waals surface area contributed by atoms with Crippen molar-refractivity contribution in [1.82, 2.24) is 0 Å². The van der Waals surface area contributed by atoms with Crippen molar-refractivity contribution >= 4 is 40.8 Å². The molecule has 0 aliphatic carbocycles. The predicted octanol–water partition coefficient (Wildman–Crippen LogP) is 7.23. The van der Waals surface area contributed by atoms with Gasteiger partial charge in [-0.15, -0.1) is 11.8 Å². The lowest BCUT2D eigenvalue weighted by molar-refractivity contribution is 0.102. The topological polar surface area (TPSA) is 79.9 Å². The molecule has 0 bridgehead atoms. The van der Waals surface area contributed by atoms with Gasteiger partial charge in [0, 0.05) is 33.6 Å². The number of carbonyl (C=O) groups is 2. The van der Waals surface area contributed by atoms with Crippen molar-refractivity contribution in [2.24, 2.45) is 0 Å². The molecule has 0 aliphatic rings. The second-order valence-electron chi connectivity index (χ2n) is 8.75. The van der Waals surface area contributed by atoms with Gasteiger partial charge >= 0.3 is 6.03 Å². The minimum absolute atomic E-state index is 0.195. The number of benzene rings is 4. The molecular formula is C31H31N3O4S. The van der Waals surface area contributed by atoms with Gasteiger partial charge in [0.1, 0.15) is 0 Å². The van der Waals surface area contributed by atoms with Crippen LogP contribution in [0, 0.1) is 6.92 Å². The first kappa shape index (κ1) is 27.6. The van der Waals surface area contributed by atoms with Crippen LogP contribution in [0.2, 0.25) is 0 Å². The lowest BCUT2D eigenvalue weighted by atomic mass is 10.1. The SMILES string of the molecule is COc1ccc(N(Cc2ccc(C(=O)Nc3ccccc3C)cc2)C(=O)Nc2ccc(SC)cc2)cc1OC. The summed E-state index contributed by atoms with van der Waals surface area (Å²) < 4.78 is 10.8. The van der Waals surface area contributed by atoms with Gasteiger partial charge in [0.15, 0.2) is 11.5 Å². The average Bonchev–Trinajstić information content (AvgIpc) is 2.97. The Morgan fingerprint density at radius 2 is 1.51 bits per heavy atom. The molecule has 0 heterocycles. The first-order chi connectivity index (χ1) is 18.9. The number of carbonyl (C=O) groups excluding carboxylic acids is 2. The molecule has 200 valence electrons. The fraction of sp³-hybridized carbons (Fsp3) is 0.161. The van der Waals surface area contributed by atoms with Crippen molar-refractivity contribution in [1.29, 1.82) is 0 Å². The molecule has 0 saturated carbocycles. The van der Waals surface area contributed by atoms with Crippen LogP contribution in [0.3, 0.4) is 0 Å². The van der Waals surface area contributed by atoms with E-state index in [1.165, 1.54) is 0 Å². The van der Waals surface area contributed by atoms with Crippen LogP contribution in [-0.4, -0.2) is 32.4 Å². The number of anilines is 3. The molecule has 0 saturated heterocycles. The van der Waals surface area contributed by atoms with Crippen LogP contribution in [-0.2, 0) is 6.54 Å². The molecule has 7 nitrogen and oxygen atoms in total. The average molecular weight is 542 g/mol. The number of nitrogens with zero attached hydrogens (tertiary/aromatic N) is 1. The number of aryl methyl sites for hydroxylation is 1. The van der Waals surface area contributed by atoms with Gasteiger partial charge in [-0.3, -0.25) is 9.69 Å². The van der Waals surface area contributed by atoms with Crippen LogP contribution >= 0.6 is 11.8 Å².